The molecule has 5 nitrogen and oxygen atoms in total. The summed E-state index contributed by atoms with van der Waals surface area (Å²) in [7, 11) is -4.29. The molecule has 0 N–H and O–H groups in total. The average molecular weight is 462 g/mol. The number of hydrogen-bond donors (Lipinski definition) is 0. The van der Waals surface area contributed by atoms with E-state index >= 15 is 0 Å². The summed E-state index contributed by atoms with van der Waals surface area (Å²) in [6.45, 7) is 0.0902. The van der Waals surface area contributed by atoms with Crippen LogP contribution in [-0.4, -0.2) is 36.6 Å². The topological polar surface area (TPSA) is 55.2 Å². The molecular weight excluding hydrogens is 446 g/mol. The van der Waals surface area contributed by atoms with Crippen molar-refractivity contribution in [3.05, 3.63) is 53.1 Å². The lowest BCUT2D eigenvalue weighted by Gasteiger charge is -2.15. The van der Waals surface area contributed by atoms with E-state index in [2.05, 4.69) is 5.10 Å². The van der Waals surface area contributed by atoms with Crippen LogP contribution in [0.2, 0.25) is 5.02 Å². The van der Waals surface area contributed by atoms with Crippen LogP contribution in [0.5, 0.6) is 0 Å². The number of halogens is 5. The standard InChI is InChI=1S/C19H16ClF4N3O2S/c1-18(21,22)12-5-7-13(8-6-12)30(28,29)27-15-4-2-3-14(20)16(15)17(25-27)26-10-9-19(23,24)11-26/h2-8H,9-11H2,1H3. The summed E-state index contributed by atoms with van der Waals surface area (Å²) in [5.41, 5.74) is -0.229. The zero-order valence-corrected chi connectivity index (χ0v) is 17.2. The van der Waals surface area contributed by atoms with Crippen LogP contribution in [0.25, 0.3) is 10.9 Å². The number of nitrogens with zero attached hydrogens (tertiary/aromatic N) is 3. The van der Waals surface area contributed by atoms with Crippen molar-refractivity contribution >= 4 is 38.3 Å². The monoisotopic (exact) mass is 461 g/mol. The molecule has 4 rings (SSSR count). The van der Waals surface area contributed by atoms with Crippen LogP contribution in [0, 0.1) is 0 Å². The molecule has 0 radical (unpaired) electrons. The lowest BCUT2D eigenvalue weighted by Crippen LogP contribution is -2.25. The maximum atomic E-state index is 13.7. The Morgan fingerprint density at radius 3 is 2.37 bits per heavy atom. The van der Waals surface area contributed by atoms with Crippen LogP contribution in [-0.2, 0) is 15.9 Å². The maximum absolute atomic E-state index is 13.7. The zero-order chi connectivity index (χ0) is 21.9. The van der Waals surface area contributed by atoms with Crippen LogP contribution >= 0.6 is 11.6 Å². The van der Waals surface area contributed by atoms with E-state index < -0.39 is 28.4 Å². The third-order valence-electron chi connectivity index (χ3n) is 4.96. The van der Waals surface area contributed by atoms with E-state index in [1.165, 1.54) is 23.1 Å². The van der Waals surface area contributed by atoms with Gasteiger partial charge in [0.25, 0.3) is 21.9 Å². The minimum atomic E-state index is -4.29. The Hall–Kier alpha value is -2.33. The van der Waals surface area contributed by atoms with Gasteiger partial charge in [-0.15, -0.1) is 5.10 Å². The summed E-state index contributed by atoms with van der Waals surface area (Å²) in [6.07, 6.45) is -0.384. The van der Waals surface area contributed by atoms with Crippen molar-refractivity contribution in [1.29, 1.82) is 0 Å². The summed E-state index contributed by atoms with van der Waals surface area (Å²) >= 11 is 6.25. The number of hydrogen-bond acceptors (Lipinski definition) is 4. The van der Waals surface area contributed by atoms with E-state index in [-0.39, 0.29) is 45.2 Å². The van der Waals surface area contributed by atoms with Crippen molar-refractivity contribution in [2.45, 2.75) is 30.1 Å². The first-order valence-electron chi connectivity index (χ1n) is 8.94. The van der Waals surface area contributed by atoms with Gasteiger partial charge in [0, 0.05) is 25.5 Å². The van der Waals surface area contributed by atoms with E-state index in [9.17, 15) is 26.0 Å². The first-order valence-corrected chi connectivity index (χ1v) is 10.8. The predicted molar refractivity (Wildman–Crippen MR) is 105 cm³/mol. The number of rotatable bonds is 4. The molecule has 1 aliphatic heterocycles. The minimum absolute atomic E-state index is 0.00926. The van der Waals surface area contributed by atoms with Gasteiger partial charge in [-0.25, -0.2) is 17.6 Å². The van der Waals surface area contributed by atoms with Gasteiger partial charge in [-0.05, 0) is 24.3 Å². The van der Waals surface area contributed by atoms with Crippen LogP contribution in [0.3, 0.4) is 0 Å². The highest BCUT2D eigenvalue weighted by molar-refractivity contribution is 7.90. The number of fused-ring (bicyclic) bond motifs is 1. The highest BCUT2D eigenvalue weighted by atomic mass is 35.5. The highest BCUT2D eigenvalue weighted by Crippen LogP contribution is 2.38. The molecule has 30 heavy (non-hydrogen) atoms. The lowest BCUT2D eigenvalue weighted by atomic mass is 10.1. The molecule has 1 saturated heterocycles. The largest absolute Gasteiger partial charge is 0.348 e. The fourth-order valence-electron chi connectivity index (χ4n) is 3.42. The van der Waals surface area contributed by atoms with Gasteiger partial charge in [0.2, 0.25) is 0 Å². The maximum Gasteiger partial charge on any atom is 0.283 e. The average Bonchev–Trinajstić information content (AvgIpc) is 3.22. The molecule has 1 aromatic heterocycles. The molecule has 1 aliphatic rings. The second-order valence-corrected chi connectivity index (χ2v) is 9.42. The fourth-order valence-corrected chi connectivity index (χ4v) is 4.95. The third-order valence-corrected chi connectivity index (χ3v) is 6.88. The second-order valence-electron chi connectivity index (χ2n) is 7.25. The fraction of sp³-hybridized carbons (Fsp3) is 0.316. The quantitative estimate of drug-likeness (QED) is 0.519. The first kappa shape index (κ1) is 20.9. The predicted octanol–water partition coefficient (Wildman–Crippen LogP) is 4.88. The number of alkyl halides is 4. The minimum Gasteiger partial charge on any atom is -0.348 e. The smallest absolute Gasteiger partial charge is 0.283 e. The molecule has 0 bridgehead atoms. The van der Waals surface area contributed by atoms with Gasteiger partial charge in [-0.1, -0.05) is 29.8 Å². The van der Waals surface area contributed by atoms with Gasteiger partial charge in [-0.2, -0.15) is 12.5 Å². The summed E-state index contributed by atoms with van der Waals surface area (Å²) in [4.78, 5) is 1.03. The van der Waals surface area contributed by atoms with Crippen LogP contribution in [0.4, 0.5) is 23.4 Å². The lowest BCUT2D eigenvalue weighted by molar-refractivity contribution is 0.0173. The molecule has 0 saturated carbocycles. The molecule has 0 aliphatic carbocycles. The molecular formula is C19H16ClF4N3O2S. The van der Waals surface area contributed by atoms with Gasteiger partial charge < -0.3 is 4.90 Å². The molecule has 0 amide bonds. The molecule has 160 valence electrons. The van der Waals surface area contributed by atoms with Gasteiger partial charge in [0.15, 0.2) is 5.82 Å². The van der Waals surface area contributed by atoms with Gasteiger partial charge >= 0.3 is 0 Å². The van der Waals surface area contributed by atoms with E-state index in [1.54, 1.807) is 0 Å². The Bertz CT molecular complexity index is 1220. The molecule has 0 unspecified atom stereocenters. The normalized spacial score (nSPS) is 17.1. The van der Waals surface area contributed by atoms with Gasteiger partial charge in [-0.3, -0.25) is 0 Å². The van der Waals surface area contributed by atoms with Crippen molar-refractivity contribution in [1.82, 2.24) is 9.19 Å². The molecule has 11 heteroatoms. The van der Waals surface area contributed by atoms with E-state index in [4.69, 9.17) is 11.6 Å². The first-order chi connectivity index (χ1) is 13.9. The SMILES string of the molecule is CC(F)(F)c1ccc(S(=O)(=O)n2nc(N3CCC(F)(F)C3)c3c(Cl)cccc32)cc1. The second kappa shape index (κ2) is 6.84. The van der Waals surface area contributed by atoms with E-state index in [1.807, 2.05) is 0 Å². The Kier molecular flexibility index (Phi) is 4.77. The molecule has 2 aromatic carbocycles. The van der Waals surface area contributed by atoms with Crippen LogP contribution < -0.4 is 4.90 Å². The summed E-state index contributed by atoms with van der Waals surface area (Å²) in [5.74, 6) is -6.01. The Morgan fingerprint density at radius 2 is 1.80 bits per heavy atom. The van der Waals surface area contributed by atoms with Crippen molar-refractivity contribution in [2.75, 3.05) is 18.0 Å². The molecule has 0 atom stereocenters. The number of benzene rings is 2. The number of aromatic nitrogens is 2. The van der Waals surface area contributed by atoms with Crippen molar-refractivity contribution in [3.8, 4) is 0 Å². The van der Waals surface area contributed by atoms with Crippen molar-refractivity contribution < 1.29 is 26.0 Å². The molecule has 1 fully saturated rings. The zero-order valence-electron chi connectivity index (χ0n) is 15.6. The Balaban J connectivity index is 1.86. The Labute approximate surface area is 174 Å². The van der Waals surface area contributed by atoms with Crippen molar-refractivity contribution in [3.63, 3.8) is 0 Å². The van der Waals surface area contributed by atoms with Crippen molar-refractivity contribution in [2.24, 2.45) is 0 Å². The Morgan fingerprint density at radius 1 is 1.13 bits per heavy atom. The third kappa shape index (κ3) is 3.51. The van der Waals surface area contributed by atoms with E-state index in [0.29, 0.717) is 11.0 Å². The molecule has 3 aromatic rings. The molecule has 0 spiro atoms. The van der Waals surface area contributed by atoms with Gasteiger partial charge in [0.05, 0.1) is 27.4 Å². The summed E-state index contributed by atoms with van der Waals surface area (Å²) in [5, 5.41) is 4.51. The van der Waals surface area contributed by atoms with E-state index in [0.717, 1.165) is 24.3 Å². The van der Waals surface area contributed by atoms with Crippen LogP contribution in [0.1, 0.15) is 18.9 Å². The van der Waals surface area contributed by atoms with Gasteiger partial charge in [0.1, 0.15) is 0 Å². The summed E-state index contributed by atoms with van der Waals surface area (Å²) < 4.78 is 81.4. The number of anilines is 1. The van der Waals surface area contributed by atoms with Crippen LogP contribution in [0.15, 0.2) is 47.4 Å². The highest BCUT2D eigenvalue weighted by Gasteiger charge is 2.40. The summed E-state index contributed by atoms with van der Waals surface area (Å²) in [6, 6.07) is 8.65. The molecule has 2 heterocycles.